The smallest absolute Gasteiger partial charge is 0.237 e. The minimum Gasteiger partial charge on any atom is -0.325 e. The van der Waals surface area contributed by atoms with E-state index in [4.69, 9.17) is 0 Å². The molecular weight excluding hydrogens is 282 g/mol. The summed E-state index contributed by atoms with van der Waals surface area (Å²) < 4.78 is 0. The van der Waals surface area contributed by atoms with E-state index in [0.717, 1.165) is 23.2 Å². The maximum Gasteiger partial charge on any atom is 0.237 e. The largest absolute Gasteiger partial charge is 0.325 e. The predicted molar refractivity (Wildman–Crippen MR) is 86.5 cm³/mol. The minimum atomic E-state index is -0.201. The quantitative estimate of drug-likeness (QED) is 0.677. The van der Waals surface area contributed by atoms with E-state index >= 15 is 0 Å². The molecule has 1 N–H and O–H groups in total. The number of hydrogen-bond acceptors (Lipinski definition) is 4. The molecule has 0 aliphatic carbocycles. The number of carbonyl (C=O) groups excluding carboxylic acids is 1. The van der Waals surface area contributed by atoms with E-state index in [1.54, 1.807) is 18.5 Å². The van der Waals surface area contributed by atoms with Gasteiger partial charge in [0.1, 0.15) is 0 Å². The van der Waals surface area contributed by atoms with Gasteiger partial charge in [0, 0.05) is 18.1 Å². The topological polar surface area (TPSA) is 54.9 Å². The fourth-order valence-corrected chi connectivity index (χ4v) is 2.90. The van der Waals surface area contributed by atoms with Gasteiger partial charge in [-0.3, -0.25) is 4.79 Å². The zero-order valence-corrected chi connectivity index (χ0v) is 13.3. The third kappa shape index (κ3) is 4.56. The molecule has 5 heteroatoms. The lowest BCUT2D eigenvalue weighted by Gasteiger charge is -2.14. The van der Waals surface area contributed by atoms with Crippen molar-refractivity contribution in [1.29, 1.82) is 0 Å². The summed E-state index contributed by atoms with van der Waals surface area (Å²) in [5, 5.41) is 3.40. The molecular formula is C16H19N3OS. The molecule has 2 rings (SSSR count). The Labute approximate surface area is 129 Å². The molecule has 4 nitrogen and oxygen atoms in total. The van der Waals surface area contributed by atoms with E-state index in [0.29, 0.717) is 5.16 Å². The van der Waals surface area contributed by atoms with Crippen molar-refractivity contribution in [2.45, 2.75) is 37.6 Å². The number of nitrogens with one attached hydrogen (secondary N) is 1. The number of hydrogen-bond donors (Lipinski definition) is 1. The summed E-state index contributed by atoms with van der Waals surface area (Å²) in [6.07, 6.45) is 4.09. The Morgan fingerprint density at radius 2 is 1.81 bits per heavy atom. The number of nitrogens with zero attached hydrogens (tertiary/aromatic N) is 2. The van der Waals surface area contributed by atoms with Crippen molar-refractivity contribution < 1.29 is 4.79 Å². The highest BCUT2D eigenvalue weighted by molar-refractivity contribution is 8.00. The van der Waals surface area contributed by atoms with Crippen molar-refractivity contribution in [3.05, 3.63) is 47.8 Å². The predicted octanol–water partition coefficient (Wildman–Crippen LogP) is 3.60. The van der Waals surface area contributed by atoms with Gasteiger partial charge in [0.15, 0.2) is 5.16 Å². The van der Waals surface area contributed by atoms with Crippen molar-refractivity contribution in [3.63, 3.8) is 0 Å². The van der Waals surface area contributed by atoms with Crippen LogP contribution in [0.1, 0.15) is 24.5 Å². The van der Waals surface area contributed by atoms with E-state index in [1.165, 1.54) is 11.8 Å². The molecule has 1 aromatic carbocycles. The summed E-state index contributed by atoms with van der Waals surface area (Å²) in [6.45, 7) is 6.03. The number of rotatable bonds is 5. The lowest BCUT2D eigenvalue weighted by Crippen LogP contribution is -2.24. The molecule has 0 fully saturated rings. The Bertz CT molecular complexity index is 596. The average molecular weight is 301 g/mol. The van der Waals surface area contributed by atoms with Crippen LogP contribution in [0.5, 0.6) is 0 Å². The fraction of sp³-hybridized carbons (Fsp3) is 0.312. The normalized spacial score (nSPS) is 12.0. The van der Waals surface area contributed by atoms with E-state index in [-0.39, 0.29) is 11.2 Å². The van der Waals surface area contributed by atoms with Gasteiger partial charge in [-0.2, -0.15) is 0 Å². The van der Waals surface area contributed by atoms with Gasteiger partial charge in [-0.15, -0.1) is 0 Å². The van der Waals surface area contributed by atoms with Crippen molar-refractivity contribution >= 4 is 23.4 Å². The monoisotopic (exact) mass is 301 g/mol. The summed E-state index contributed by atoms with van der Waals surface area (Å²) in [4.78, 5) is 20.7. The standard InChI is InChI=1S/C16H19N3OS/c1-4-14(21-16-17-6-5-7-18-16)15(20)19-13-9-11(2)8-12(3)10-13/h5-10,14H,4H2,1-3H3,(H,19,20). The summed E-state index contributed by atoms with van der Waals surface area (Å²) in [5.74, 6) is -0.0139. The van der Waals surface area contributed by atoms with Gasteiger partial charge in [0.2, 0.25) is 5.91 Å². The Morgan fingerprint density at radius 1 is 1.19 bits per heavy atom. The second kappa shape index (κ2) is 7.22. The van der Waals surface area contributed by atoms with E-state index in [1.807, 2.05) is 32.9 Å². The molecule has 21 heavy (non-hydrogen) atoms. The number of thioether (sulfide) groups is 1. The molecule has 0 aliphatic heterocycles. The van der Waals surface area contributed by atoms with Crippen LogP contribution in [0.2, 0.25) is 0 Å². The highest BCUT2D eigenvalue weighted by atomic mass is 32.2. The molecule has 1 heterocycles. The van der Waals surface area contributed by atoms with Crippen molar-refractivity contribution in [3.8, 4) is 0 Å². The van der Waals surface area contributed by atoms with Crippen LogP contribution in [0.3, 0.4) is 0 Å². The van der Waals surface area contributed by atoms with Gasteiger partial charge in [0.25, 0.3) is 0 Å². The van der Waals surface area contributed by atoms with Crippen LogP contribution >= 0.6 is 11.8 Å². The third-order valence-electron chi connectivity index (χ3n) is 2.94. The van der Waals surface area contributed by atoms with Crippen molar-refractivity contribution in [2.24, 2.45) is 0 Å². The zero-order chi connectivity index (χ0) is 15.2. The summed E-state index contributed by atoms with van der Waals surface area (Å²) >= 11 is 1.39. The Kier molecular flexibility index (Phi) is 5.33. The third-order valence-corrected chi connectivity index (χ3v) is 4.20. The zero-order valence-electron chi connectivity index (χ0n) is 12.5. The minimum absolute atomic E-state index is 0.0139. The first-order chi connectivity index (χ1) is 10.1. The van der Waals surface area contributed by atoms with Gasteiger partial charge >= 0.3 is 0 Å². The van der Waals surface area contributed by atoms with Crippen LogP contribution in [0.4, 0.5) is 5.69 Å². The molecule has 0 aliphatic rings. The molecule has 0 saturated heterocycles. The van der Waals surface area contributed by atoms with Crippen LogP contribution in [0.25, 0.3) is 0 Å². The Morgan fingerprint density at radius 3 is 2.38 bits per heavy atom. The van der Waals surface area contributed by atoms with E-state index < -0.39 is 0 Å². The van der Waals surface area contributed by atoms with Crippen LogP contribution in [-0.2, 0) is 4.79 Å². The van der Waals surface area contributed by atoms with Crippen LogP contribution in [-0.4, -0.2) is 21.1 Å². The molecule has 1 amide bonds. The number of amides is 1. The Balaban J connectivity index is 2.06. The molecule has 0 spiro atoms. The molecule has 0 bridgehead atoms. The number of aromatic nitrogens is 2. The number of carbonyl (C=O) groups is 1. The molecule has 2 aromatic rings. The highest BCUT2D eigenvalue weighted by Crippen LogP contribution is 2.23. The average Bonchev–Trinajstić information content (AvgIpc) is 2.44. The first kappa shape index (κ1) is 15.5. The number of benzene rings is 1. The first-order valence-electron chi connectivity index (χ1n) is 6.91. The van der Waals surface area contributed by atoms with Gasteiger partial charge < -0.3 is 5.32 Å². The molecule has 110 valence electrons. The van der Waals surface area contributed by atoms with Gasteiger partial charge in [-0.25, -0.2) is 9.97 Å². The summed E-state index contributed by atoms with van der Waals surface area (Å²) in [5.41, 5.74) is 3.11. The maximum atomic E-state index is 12.4. The van der Waals surface area contributed by atoms with Crippen molar-refractivity contribution in [2.75, 3.05) is 5.32 Å². The second-order valence-corrected chi connectivity index (χ2v) is 6.08. The van der Waals surface area contributed by atoms with Crippen LogP contribution < -0.4 is 5.32 Å². The first-order valence-corrected chi connectivity index (χ1v) is 7.79. The fourth-order valence-electron chi connectivity index (χ4n) is 2.07. The summed E-state index contributed by atoms with van der Waals surface area (Å²) in [6, 6.07) is 7.79. The van der Waals surface area contributed by atoms with Crippen LogP contribution in [0.15, 0.2) is 41.8 Å². The van der Waals surface area contributed by atoms with E-state index in [9.17, 15) is 4.79 Å². The SMILES string of the molecule is CCC(Sc1ncccn1)C(=O)Nc1cc(C)cc(C)c1. The lowest BCUT2D eigenvalue weighted by molar-refractivity contribution is -0.115. The second-order valence-electron chi connectivity index (χ2n) is 4.91. The molecule has 0 radical (unpaired) electrons. The molecule has 1 atom stereocenters. The maximum absolute atomic E-state index is 12.4. The lowest BCUT2D eigenvalue weighted by atomic mass is 10.1. The molecule has 1 aromatic heterocycles. The number of aryl methyl sites for hydroxylation is 2. The van der Waals surface area contributed by atoms with Gasteiger partial charge in [0.05, 0.1) is 5.25 Å². The molecule has 1 unspecified atom stereocenters. The van der Waals surface area contributed by atoms with Gasteiger partial charge in [-0.1, -0.05) is 24.8 Å². The Hall–Kier alpha value is -1.88. The summed E-state index contributed by atoms with van der Waals surface area (Å²) in [7, 11) is 0. The molecule has 0 saturated carbocycles. The van der Waals surface area contributed by atoms with Crippen molar-refractivity contribution in [1.82, 2.24) is 9.97 Å². The van der Waals surface area contributed by atoms with Gasteiger partial charge in [-0.05, 0) is 49.6 Å². The van der Waals surface area contributed by atoms with Crippen LogP contribution in [0, 0.1) is 13.8 Å². The number of anilines is 1. The highest BCUT2D eigenvalue weighted by Gasteiger charge is 2.19. The van der Waals surface area contributed by atoms with E-state index in [2.05, 4.69) is 21.4 Å².